The van der Waals surface area contributed by atoms with E-state index in [2.05, 4.69) is 5.32 Å². The summed E-state index contributed by atoms with van der Waals surface area (Å²) < 4.78 is 27.0. The standard InChI is InChI=1S/C13H17F2N/c1-2-11-8-12(16-9-13(11,14)15)10-6-4-3-5-7-10/h3-7,11-12,16H,2,8-9H2,1H3. The molecule has 1 aliphatic heterocycles. The molecular weight excluding hydrogens is 208 g/mol. The Hall–Kier alpha value is -0.960. The highest BCUT2D eigenvalue weighted by Crippen LogP contribution is 2.38. The van der Waals surface area contributed by atoms with Crippen LogP contribution in [0.3, 0.4) is 0 Å². The van der Waals surface area contributed by atoms with Crippen molar-refractivity contribution in [2.24, 2.45) is 5.92 Å². The largest absolute Gasteiger partial charge is 0.304 e. The fraction of sp³-hybridized carbons (Fsp3) is 0.538. The molecule has 1 saturated heterocycles. The van der Waals surface area contributed by atoms with Crippen LogP contribution in [0.5, 0.6) is 0 Å². The number of alkyl halides is 2. The van der Waals surface area contributed by atoms with E-state index in [1.54, 1.807) is 0 Å². The first-order chi connectivity index (χ1) is 7.63. The van der Waals surface area contributed by atoms with Gasteiger partial charge in [0.25, 0.3) is 5.92 Å². The summed E-state index contributed by atoms with van der Waals surface area (Å²) >= 11 is 0. The molecule has 0 amide bonds. The van der Waals surface area contributed by atoms with Gasteiger partial charge >= 0.3 is 0 Å². The molecule has 0 bridgehead atoms. The average Bonchev–Trinajstić information content (AvgIpc) is 2.30. The first-order valence-corrected chi connectivity index (χ1v) is 5.79. The van der Waals surface area contributed by atoms with Gasteiger partial charge in [0.1, 0.15) is 0 Å². The lowest BCUT2D eigenvalue weighted by Crippen LogP contribution is -2.47. The molecule has 16 heavy (non-hydrogen) atoms. The van der Waals surface area contributed by atoms with E-state index in [0.29, 0.717) is 12.8 Å². The van der Waals surface area contributed by atoms with Crippen LogP contribution in [0.25, 0.3) is 0 Å². The molecule has 0 aliphatic carbocycles. The lowest BCUT2D eigenvalue weighted by Gasteiger charge is -2.36. The molecule has 1 heterocycles. The topological polar surface area (TPSA) is 12.0 Å². The number of benzene rings is 1. The minimum Gasteiger partial charge on any atom is -0.304 e. The Balaban J connectivity index is 2.11. The summed E-state index contributed by atoms with van der Waals surface area (Å²) in [7, 11) is 0. The molecule has 1 aromatic carbocycles. The second-order valence-corrected chi connectivity index (χ2v) is 4.45. The zero-order valence-corrected chi connectivity index (χ0v) is 9.42. The zero-order valence-electron chi connectivity index (χ0n) is 9.42. The average molecular weight is 225 g/mol. The van der Waals surface area contributed by atoms with Crippen LogP contribution in [-0.2, 0) is 0 Å². The van der Waals surface area contributed by atoms with Crippen LogP contribution in [0.1, 0.15) is 31.4 Å². The van der Waals surface area contributed by atoms with Crippen molar-refractivity contribution in [1.82, 2.24) is 5.32 Å². The summed E-state index contributed by atoms with van der Waals surface area (Å²) in [5, 5.41) is 2.94. The van der Waals surface area contributed by atoms with Crippen molar-refractivity contribution in [2.75, 3.05) is 6.54 Å². The minimum atomic E-state index is -2.56. The van der Waals surface area contributed by atoms with Gasteiger partial charge in [-0.15, -0.1) is 0 Å². The molecule has 2 atom stereocenters. The SMILES string of the molecule is CCC1CC(c2ccccc2)NCC1(F)F. The van der Waals surface area contributed by atoms with Gasteiger partial charge in [0.15, 0.2) is 0 Å². The third-order valence-corrected chi connectivity index (χ3v) is 3.40. The third-order valence-electron chi connectivity index (χ3n) is 3.40. The first kappa shape index (κ1) is 11.5. The lowest BCUT2D eigenvalue weighted by atomic mass is 9.84. The normalized spacial score (nSPS) is 28.9. The van der Waals surface area contributed by atoms with Gasteiger partial charge < -0.3 is 5.32 Å². The highest BCUT2D eigenvalue weighted by atomic mass is 19.3. The van der Waals surface area contributed by atoms with Crippen LogP contribution < -0.4 is 5.32 Å². The van der Waals surface area contributed by atoms with Crippen LogP contribution in [-0.4, -0.2) is 12.5 Å². The Morgan fingerprint density at radius 3 is 2.62 bits per heavy atom. The third kappa shape index (κ3) is 2.24. The Morgan fingerprint density at radius 1 is 1.31 bits per heavy atom. The van der Waals surface area contributed by atoms with Gasteiger partial charge in [0, 0.05) is 12.0 Å². The van der Waals surface area contributed by atoms with Crippen LogP contribution in [0, 0.1) is 5.92 Å². The van der Waals surface area contributed by atoms with Gasteiger partial charge in [-0.2, -0.15) is 0 Å². The zero-order chi connectivity index (χ0) is 11.6. The molecule has 0 aromatic heterocycles. The quantitative estimate of drug-likeness (QED) is 0.813. The van der Waals surface area contributed by atoms with E-state index < -0.39 is 11.8 Å². The smallest absolute Gasteiger partial charge is 0.263 e. The van der Waals surface area contributed by atoms with Crippen LogP contribution in [0.2, 0.25) is 0 Å². The van der Waals surface area contributed by atoms with Crippen molar-refractivity contribution in [3.8, 4) is 0 Å². The summed E-state index contributed by atoms with van der Waals surface area (Å²) in [5.74, 6) is -3.06. The maximum absolute atomic E-state index is 13.5. The van der Waals surface area contributed by atoms with Crippen molar-refractivity contribution >= 4 is 0 Å². The molecule has 1 aromatic rings. The first-order valence-electron chi connectivity index (χ1n) is 5.79. The number of nitrogens with one attached hydrogen (secondary N) is 1. The van der Waals surface area contributed by atoms with Crippen LogP contribution in [0.4, 0.5) is 8.78 Å². The summed E-state index contributed by atoms with van der Waals surface area (Å²) in [5.41, 5.74) is 1.11. The Bertz CT molecular complexity index is 337. The van der Waals surface area contributed by atoms with Crippen molar-refractivity contribution in [1.29, 1.82) is 0 Å². The number of piperidine rings is 1. The highest BCUT2D eigenvalue weighted by molar-refractivity contribution is 5.20. The molecule has 3 heteroatoms. The summed E-state index contributed by atoms with van der Waals surface area (Å²) in [6.45, 7) is 1.64. The molecule has 1 aliphatic rings. The lowest BCUT2D eigenvalue weighted by molar-refractivity contribution is -0.0840. The fourth-order valence-electron chi connectivity index (χ4n) is 2.35. The predicted octanol–water partition coefficient (Wildman–Crippen LogP) is 3.38. The molecule has 1 nitrogen and oxygen atoms in total. The minimum absolute atomic E-state index is 0.0748. The molecular formula is C13H17F2N. The van der Waals surface area contributed by atoms with Crippen molar-refractivity contribution in [3.63, 3.8) is 0 Å². The van der Waals surface area contributed by atoms with Gasteiger partial charge in [0.05, 0.1) is 6.54 Å². The fourth-order valence-corrected chi connectivity index (χ4v) is 2.35. The van der Waals surface area contributed by atoms with E-state index in [1.807, 2.05) is 37.3 Å². The Morgan fingerprint density at radius 2 is 2.00 bits per heavy atom. The monoisotopic (exact) mass is 225 g/mol. The van der Waals surface area contributed by atoms with Crippen molar-refractivity contribution in [2.45, 2.75) is 31.7 Å². The van der Waals surface area contributed by atoms with Crippen molar-refractivity contribution in [3.05, 3.63) is 35.9 Å². The maximum atomic E-state index is 13.5. The van der Waals surface area contributed by atoms with E-state index in [0.717, 1.165) is 5.56 Å². The summed E-state index contributed by atoms with van der Waals surface area (Å²) in [6.07, 6.45) is 1.06. The number of hydrogen-bond donors (Lipinski definition) is 1. The molecule has 1 N–H and O–H groups in total. The molecule has 0 saturated carbocycles. The molecule has 88 valence electrons. The van der Waals surface area contributed by atoms with Gasteiger partial charge in [-0.3, -0.25) is 0 Å². The second-order valence-electron chi connectivity index (χ2n) is 4.45. The molecule has 0 radical (unpaired) electrons. The number of rotatable bonds is 2. The van der Waals surface area contributed by atoms with E-state index in [4.69, 9.17) is 0 Å². The van der Waals surface area contributed by atoms with Gasteiger partial charge in [0.2, 0.25) is 0 Å². The predicted molar refractivity (Wildman–Crippen MR) is 60.5 cm³/mol. The van der Waals surface area contributed by atoms with E-state index >= 15 is 0 Å². The van der Waals surface area contributed by atoms with Gasteiger partial charge in [-0.05, 0) is 18.4 Å². The second kappa shape index (κ2) is 4.50. The Labute approximate surface area is 94.9 Å². The van der Waals surface area contributed by atoms with E-state index in [-0.39, 0.29) is 12.6 Å². The highest BCUT2D eigenvalue weighted by Gasteiger charge is 2.43. The van der Waals surface area contributed by atoms with E-state index in [1.165, 1.54) is 0 Å². The van der Waals surface area contributed by atoms with Gasteiger partial charge in [-0.1, -0.05) is 37.3 Å². The molecule has 2 rings (SSSR count). The van der Waals surface area contributed by atoms with Crippen LogP contribution >= 0.6 is 0 Å². The number of halogens is 2. The molecule has 0 spiro atoms. The number of hydrogen-bond acceptors (Lipinski definition) is 1. The van der Waals surface area contributed by atoms with E-state index in [9.17, 15) is 8.78 Å². The summed E-state index contributed by atoms with van der Waals surface area (Å²) in [6, 6.07) is 9.90. The van der Waals surface area contributed by atoms with Crippen molar-refractivity contribution < 1.29 is 8.78 Å². The molecule has 2 unspecified atom stereocenters. The van der Waals surface area contributed by atoms with Crippen LogP contribution in [0.15, 0.2) is 30.3 Å². The summed E-state index contributed by atoms with van der Waals surface area (Å²) in [4.78, 5) is 0. The van der Waals surface area contributed by atoms with Gasteiger partial charge in [-0.25, -0.2) is 8.78 Å². The maximum Gasteiger partial charge on any atom is 0.263 e. The molecule has 1 fully saturated rings. The Kier molecular flexibility index (Phi) is 3.24.